The van der Waals surface area contributed by atoms with Crippen LogP contribution in [0.15, 0.2) is 16.6 Å². The van der Waals surface area contributed by atoms with Crippen LogP contribution in [0.2, 0.25) is 0 Å². The molecule has 1 aromatic rings. The van der Waals surface area contributed by atoms with E-state index in [2.05, 4.69) is 26.9 Å². The van der Waals surface area contributed by atoms with Crippen LogP contribution in [-0.4, -0.2) is 26.2 Å². The molecule has 1 fully saturated rings. The van der Waals surface area contributed by atoms with Crippen molar-refractivity contribution in [3.63, 3.8) is 0 Å². The van der Waals surface area contributed by atoms with Gasteiger partial charge in [-0.2, -0.15) is 0 Å². The zero-order valence-corrected chi connectivity index (χ0v) is 11.7. The van der Waals surface area contributed by atoms with Crippen LogP contribution in [0.1, 0.15) is 28.8 Å². The van der Waals surface area contributed by atoms with Gasteiger partial charge in [-0.05, 0) is 37.5 Å². The van der Waals surface area contributed by atoms with Crippen LogP contribution in [0.4, 0.5) is 5.69 Å². The van der Waals surface area contributed by atoms with Crippen LogP contribution in [-0.2, 0) is 4.74 Å². The lowest BCUT2D eigenvalue weighted by molar-refractivity contribution is 0.0601. The van der Waals surface area contributed by atoms with E-state index in [1.54, 1.807) is 0 Å². The summed E-state index contributed by atoms with van der Waals surface area (Å²) < 4.78 is 5.79. The molecule has 1 heterocycles. The molecule has 17 heavy (non-hydrogen) atoms. The molecule has 0 bridgehead atoms. The van der Waals surface area contributed by atoms with Gasteiger partial charge in [0.2, 0.25) is 0 Å². The molecule has 3 nitrogen and oxygen atoms in total. The van der Waals surface area contributed by atoms with Crippen molar-refractivity contribution in [2.75, 3.05) is 25.1 Å². The van der Waals surface area contributed by atoms with E-state index in [9.17, 15) is 4.79 Å². The Balaban J connectivity index is 2.46. The number of hydrogen-bond acceptors (Lipinski definition) is 3. The molecule has 4 heteroatoms. The highest BCUT2D eigenvalue weighted by molar-refractivity contribution is 9.10. The first-order chi connectivity index (χ1) is 8.13. The summed E-state index contributed by atoms with van der Waals surface area (Å²) in [4.78, 5) is 14.0. The van der Waals surface area contributed by atoms with Crippen molar-refractivity contribution in [1.29, 1.82) is 0 Å². The smallest absolute Gasteiger partial charge is 0.340 e. The maximum Gasteiger partial charge on any atom is 0.340 e. The topological polar surface area (TPSA) is 29.5 Å². The third-order valence-corrected chi connectivity index (χ3v) is 3.98. The molecule has 1 aromatic carbocycles. The maximum atomic E-state index is 11.8. The summed E-state index contributed by atoms with van der Waals surface area (Å²) in [6, 6.07) is 3.91. The number of methoxy groups -OCH3 is 1. The van der Waals surface area contributed by atoms with Crippen molar-refractivity contribution in [3.05, 3.63) is 27.7 Å². The highest BCUT2D eigenvalue weighted by Gasteiger charge is 2.21. The number of anilines is 1. The van der Waals surface area contributed by atoms with Crippen LogP contribution in [0.3, 0.4) is 0 Å². The van der Waals surface area contributed by atoms with Crippen molar-refractivity contribution in [3.8, 4) is 0 Å². The third-order valence-electron chi connectivity index (χ3n) is 3.13. The van der Waals surface area contributed by atoms with Gasteiger partial charge in [0.15, 0.2) is 0 Å². The minimum atomic E-state index is -0.271. The van der Waals surface area contributed by atoms with Gasteiger partial charge >= 0.3 is 5.97 Å². The summed E-state index contributed by atoms with van der Waals surface area (Å²) in [7, 11) is 1.42. The number of rotatable bonds is 2. The quantitative estimate of drug-likeness (QED) is 0.786. The summed E-state index contributed by atoms with van der Waals surface area (Å²) >= 11 is 3.46. The van der Waals surface area contributed by atoms with Crippen LogP contribution < -0.4 is 4.90 Å². The number of carbonyl (C=O) groups is 1. The number of benzene rings is 1. The zero-order valence-electron chi connectivity index (χ0n) is 10.1. The van der Waals surface area contributed by atoms with Crippen molar-refractivity contribution in [2.45, 2.75) is 19.8 Å². The lowest BCUT2D eigenvalue weighted by atomic mass is 10.1. The van der Waals surface area contributed by atoms with Gasteiger partial charge in [-0.1, -0.05) is 15.9 Å². The minimum Gasteiger partial charge on any atom is -0.465 e. The summed E-state index contributed by atoms with van der Waals surface area (Å²) in [5.74, 6) is -0.271. The van der Waals surface area contributed by atoms with Crippen molar-refractivity contribution < 1.29 is 9.53 Å². The second-order valence-corrected chi connectivity index (χ2v) is 5.16. The van der Waals surface area contributed by atoms with E-state index in [4.69, 9.17) is 4.74 Å². The van der Waals surface area contributed by atoms with E-state index in [0.717, 1.165) is 28.8 Å². The van der Waals surface area contributed by atoms with Gasteiger partial charge in [0.1, 0.15) is 0 Å². The Labute approximate surface area is 110 Å². The van der Waals surface area contributed by atoms with Gasteiger partial charge in [-0.25, -0.2) is 4.79 Å². The molecule has 0 amide bonds. The molecule has 0 atom stereocenters. The fraction of sp³-hybridized carbons (Fsp3) is 0.462. The Morgan fingerprint density at radius 2 is 2.00 bits per heavy atom. The largest absolute Gasteiger partial charge is 0.465 e. The van der Waals surface area contributed by atoms with E-state index in [1.165, 1.54) is 20.0 Å². The van der Waals surface area contributed by atoms with Gasteiger partial charge in [-0.15, -0.1) is 0 Å². The monoisotopic (exact) mass is 297 g/mol. The fourth-order valence-corrected chi connectivity index (χ4v) is 2.50. The van der Waals surface area contributed by atoms with E-state index in [-0.39, 0.29) is 5.97 Å². The average molecular weight is 298 g/mol. The van der Waals surface area contributed by atoms with E-state index in [0.29, 0.717) is 5.56 Å². The molecule has 1 saturated heterocycles. The number of carbonyl (C=O) groups excluding carboxylic acids is 1. The van der Waals surface area contributed by atoms with Crippen molar-refractivity contribution >= 4 is 27.6 Å². The number of hydrogen-bond donors (Lipinski definition) is 0. The standard InChI is InChI=1S/C13H16BrNO2/c1-9-7-12(15-5-3-4-6-15)10(8-11(9)14)13(16)17-2/h7-8H,3-6H2,1-2H3. The third kappa shape index (κ3) is 2.46. The first-order valence-corrected chi connectivity index (χ1v) is 6.56. The highest BCUT2D eigenvalue weighted by atomic mass is 79.9. The highest BCUT2D eigenvalue weighted by Crippen LogP contribution is 2.30. The SMILES string of the molecule is COC(=O)c1cc(Br)c(C)cc1N1CCCC1. The normalized spacial score (nSPS) is 15.1. The Morgan fingerprint density at radius 3 is 2.59 bits per heavy atom. The van der Waals surface area contributed by atoms with E-state index < -0.39 is 0 Å². The van der Waals surface area contributed by atoms with E-state index >= 15 is 0 Å². The fourth-order valence-electron chi connectivity index (χ4n) is 2.16. The molecule has 0 aliphatic carbocycles. The molecule has 0 unspecified atom stereocenters. The van der Waals surface area contributed by atoms with Crippen LogP contribution >= 0.6 is 15.9 Å². The van der Waals surface area contributed by atoms with E-state index in [1.807, 2.05) is 13.0 Å². The van der Waals surface area contributed by atoms with Crippen LogP contribution in [0.5, 0.6) is 0 Å². The molecule has 0 N–H and O–H groups in total. The van der Waals surface area contributed by atoms with Crippen LogP contribution in [0, 0.1) is 6.92 Å². The van der Waals surface area contributed by atoms with Gasteiger partial charge in [0, 0.05) is 17.6 Å². The van der Waals surface area contributed by atoms with Crippen LogP contribution in [0.25, 0.3) is 0 Å². The maximum absolute atomic E-state index is 11.8. The molecule has 92 valence electrons. The molecule has 0 saturated carbocycles. The number of aryl methyl sites for hydroxylation is 1. The zero-order chi connectivity index (χ0) is 12.4. The summed E-state index contributed by atoms with van der Waals surface area (Å²) in [5.41, 5.74) is 2.78. The molecule has 1 aliphatic heterocycles. The lowest BCUT2D eigenvalue weighted by Crippen LogP contribution is -2.21. The molecular formula is C13H16BrNO2. The van der Waals surface area contributed by atoms with Gasteiger partial charge in [0.05, 0.1) is 18.4 Å². The average Bonchev–Trinajstić information content (AvgIpc) is 2.84. The molecule has 0 radical (unpaired) electrons. The second kappa shape index (κ2) is 5.08. The van der Waals surface area contributed by atoms with Gasteiger partial charge in [0.25, 0.3) is 0 Å². The Kier molecular flexibility index (Phi) is 3.72. The number of ether oxygens (including phenoxy) is 1. The van der Waals surface area contributed by atoms with Gasteiger partial charge < -0.3 is 9.64 Å². The molecule has 2 rings (SSSR count). The summed E-state index contributed by atoms with van der Waals surface area (Å²) in [6.45, 7) is 4.07. The second-order valence-electron chi connectivity index (χ2n) is 4.30. The predicted octanol–water partition coefficient (Wildman–Crippen LogP) is 3.14. The Hall–Kier alpha value is -1.03. The Morgan fingerprint density at radius 1 is 1.35 bits per heavy atom. The minimum absolute atomic E-state index is 0.271. The number of halogens is 1. The first kappa shape index (κ1) is 12.4. The Bertz CT molecular complexity index is 439. The number of esters is 1. The molecule has 1 aliphatic rings. The summed E-state index contributed by atoms with van der Waals surface area (Å²) in [5, 5.41) is 0. The molecule has 0 spiro atoms. The predicted molar refractivity (Wildman–Crippen MR) is 71.7 cm³/mol. The van der Waals surface area contributed by atoms with Gasteiger partial charge in [-0.3, -0.25) is 0 Å². The van der Waals surface area contributed by atoms with Crippen molar-refractivity contribution in [1.82, 2.24) is 0 Å². The molecule has 0 aromatic heterocycles. The van der Waals surface area contributed by atoms with Crippen molar-refractivity contribution in [2.24, 2.45) is 0 Å². The lowest BCUT2D eigenvalue weighted by Gasteiger charge is -2.21. The summed E-state index contributed by atoms with van der Waals surface area (Å²) in [6.07, 6.45) is 2.38. The molecular weight excluding hydrogens is 282 g/mol. The first-order valence-electron chi connectivity index (χ1n) is 5.77. The number of nitrogens with zero attached hydrogens (tertiary/aromatic N) is 1.